The van der Waals surface area contributed by atoms with Gasteiger partial charge in [0, 0.05) is 28.2 Å². The Morgan fingerprint density at radius 3 is 2.51 bits per heavy atom. The van der Waals surface area contributed by atoms with Gasteiger partial charge in [-0.25, -0.2) is 4.79 Å². The minimum atomic E-state index is -0.709. The number of nitro groups is 1. The number of hydrogen-bond donors (Lipinski definition) is 0. The van der Waals surface area contributed by atoms with Crippen LogP contribution in [0.15, 0.2) is 70.3 Å². The maximum absolute atomic E-state index is 12.8. The second-order valence-corrected chi connectivity index (χ2v) is 9.44. The molecule has 3 aliphatic rings. The van der Waals surface area contributed by atoms with E-state index in [0.29, 0.717) is 15.6 Å². The lowest BCUT2D eigenvalue weighted by Gasteiger charge is -2.13. The molecule has 0 N–H and O–H groups in total. The highest BCUT2D eigenvalue weighted by atomic mass is 79.9. The molecule has 2 aromatic rings. The number of nitrogens with zero attached hydrogens (tertiary/aromatic N) is 3. The van der Waals surface area contributed by atoms with Gasteiger partial charge < -0.3 is 4.74 Å². The molecule has 9 nitrogen and oxygen atoms in total. The monoisotopic (exact) mass is 535 g/mol. The normalized spacial score (nSPS) is 24.7. The molecule has 35 heavy (non-hydrogen) atoms. The second-order valence-electron chi connectivity index (χ2n) is 8.52. The maximum Gasteiger partial charge on any atom is 0.336 e. The van der Waals surface area contributed by atoms with Gasteiger partial charge in [0.05, 0.1) is 23.0 Å². The first kappa shape index (κ1) is 22.9. The smallest absolute Gasteiger partial charge is 0.336 e. The average Bonchev–Trinajstić information content (AvgIpc) is 3.52. The van der Waals surface area contributed by atoms with E-state index >= 15 is 0 Å². The van der Waals surface area contributed by atoms with Gasteiger partial charge in [-0.2, -0.15) is 10.1 Å². The van der Waals surface area contributed by atoms with Crippen molar-refractivity contribution in [2.75, 3.05) is 0 Å². The van der Waals surface area contributed by atoms with Crippen LogP contribution < -0.4 is 4.74 Å². The number of nitro benzene ring substituents is 1. The maximum atomic E-state index is 12.8. The Balaban J connectivity index is 1.32. The standard InChI is InChI=1S/C25H18BrN3O6/c26-18-7-8-20(35-21(30)9-4-14-2-1-3-19(10-14)29(33)34)17(12-18)13-27-28-24(31)22-15-5-6-16(11-15)23(22)25(28)32/h1-10,12-13,15-16,22-23H,11H2/b9-4+,27-13?/t15-,16-,22-,23+/m0/s1. The number of benzene rings is 2. The molecule has 0 spiro atoms. The predicted molar refractivity (Wildman–Crippen MR) is 129 cm³/mol. The Hall–Kier alpha value is -3.92. The van der Waals surface area contributed by atoms with E-state index in [4.69, 9.17) is 4.74 Å². The van der Waals surface area contributed by atoms with Crippen molar-refractivity contribution in [2.24, 2.45) is 28.8 Å². The minimum absolute atomic E-state index is 0.0851. The first-order chi connectivity index (χ1) is 16.8. The van der Waals surface area contributed by atoms with Crippen LogP contribution in [-0.2, 0) is 14.4 Å². The van der Waals surface area contributed by atoms with Crippen LogP contribution in [0, 0.1) is 33.8 Å². The number of non-ortho nitro benzene ring substituents is 1. The van der Waals surface area contributed by atoms with Gasteiger partial charge >= 0.3 is 5.97 Å². The quantitative estimate of drug-likeness (QED) is 0.0801. The summed E-state index contributed by atoms with van der Waals surface area (Å²) in [4.78, 5) is 48.5. The number of esters is 1. The van der Waals surface area contributed by atoms with Crippen LogP contribution in [0.1, 0.15) is 17.5 Å². The van der Waals surface area contributed by atoms with E-state index in [2.05, 4.69) is 21.0 Å². The van der Waals surface area contributed by atoms with Crippen LogP contribution in [0.3, 0.4) is 0 Å². The van der Waals surface area contributed by atoms with Crippen LogP contribution >= 0.6 is 15.9 Å². The summed E-state index contributed by atoms with van der Waals surface area (Å²) in [5.74, 6) is -1.68. The lowest BCUT2D eigenvalue weighted by Crippen LogP contribution is -2.28. The number of hydrogen-bond acceptors (Lipinski definition) is 7. The molecule has 1 saturated heterocycles. The number of rotatable bonds is 6. The molecular formula is C25H18BrN3O6. The average molecular weight is 536 g/mol. The van der Waals surface area contributed by atoms with Crippen molar-refractivity contribution < 1.29 is 24.0 Å². The Morgan fingerprint density at radius 2 is 1.83 bits per heavy atom. The molecule has 2 aliphatic carbocycles. The van der Waals surface area contributed by atoms with Crippen LogP contribution in [-0.4, -0.2) is 33.9 Å². The van der Waals surface area contributed by atoms with Crippen LogP contribution in [0.5, 0.6) is 5.75 Å². The summed E-state index contributed by atoms with van der Waals surface area (Å²) in [6, 6.07) is 10.7. The molecule has 1 saturated carbocycles. The van der Waals surface area contributed by atoms with E-state index in [0.717, 1.165) is 17.5 Å². The van der Waals surface area contributed by atoms with Gasteiger partial charge in [-0.15, -0.1) is 0 Å². The third kappa shape index (κ3) is 4.32. The zero-order valence-corrected chi connectivity index (χ0v) is 19.7. The molecule has 1 aliphatic heterocycles. The lowest BCUT2D eigenvalue weighted by atomic mass is 9.85. The fraction of sp³-hybridized carbons (Fsp3) is 0.200. The summed E-state index contributed by atoms with van der Waals surface area (Å²) >= 11 is 3.36. The topological polar surface area (TPSA) is 119 Å². The molecule has 2 amide bonds. The fourth-order valence-corrected chi connectivity index (χ4v) is 5.26. The first-order valence-electron chi connectivity index (χ1n) is 10.9. The number of ether oxygens (including phenoxy) is 1. The second kappa shape index (κ2) is 9.03. The molecule has 2 bridgehead atoms. The Morgan fingerprint density at radius 1 is 1.11 bits per heavy atom. The van der Waals surface area contributed by atoms with Crippen molar-refractivity contribution in [3.63, 3.8) is 0 Å². The van der Waals surface area contributed by atoms with E-state index in [-0.39, 0.29) is 46.9 Å². The summed E-state index contributed by atoms with van der Waals surface area (Å²) in [7, 11) is 0. The SMILES string of the molecule is O=C(/C=C/c1cccc([N+](=O)[O-])c1)Oc1ccc(Br)cc1C=NN1C(=O)[C@@H]2[C@H](C1=O)[C@H]1C=C[C@H]2C1. The molecule has 0 aromatic heterocycles. The number of hydrazone groups is 1. The van der Waals surface area contributed by atoms with Crippen LogP contribution in [0.4, 0.5) is 5.69 Å². The highest BCUT2D eigenvalue weighted by molar-refractivity contribution is 9.10. The molecule has 2 aromatic carbocycles. The van der Waals surface area contributed by atoms with Crippen molar-refractivity contribution in [1.82, 2.24) is 5.01 Å². The molecule has 10 heteroatoms. The number of imide groups is 1. The minimum Gasteiger partial charge on any atom is -0.423 e. The van der Waals surface area contributed by atoms with E-state index in [9.17, 15) is 24.5 Å². The molecule has 176 valence electrons. The molecule has 5 rings (SSSR count). The summed E-state index contributed by atoms with van der Waals surface area (Å²) < 4.78 is 6.10. The van der Waals surface area contributed by atoms with Crippen molar-refractivity contribution >= 4 is 51.7 Å². The lowest BCUT2D eigenvalue weighted by molar-refractivity contribution is -0.384. The van der Waals surface area contributed by atoms with Crippen LogP contribution in [0.2, 0.25) is 0 Å². The highest BCUT2D eigenvalue weighted by Crippen LogP contribution is 2.52. The Kier molecular flexibility index (Phi) is 5.89. The number of halogens is 1. The predicted octanol–water partition coefficient (Wildman–Crippen LogP) is 4.12. The highest BCUT2D eigenvalue weighted by Gasteiger charge is 2.59. The van der Waals surface area contributed by atoms with E-state index < -0.39 is 10.9 Å². The molecule has 1 heterocycles. The summed E-state index contributed by atoms with van der Waals surface area (Å²) in [6.07, 6.45) is 8.74. The van der Waals surface area contributed by atoms with E-state index in [1.165, 1.54) is 30.5 Å². The van der Waals surface area contributed by atoms with Gasteiger partial charge in [0.2, 0.25) is 0 Å². The van der Waals surface area contributed by atoms with E-state index in [1.54, 1.807) is 24.3 Å². The third-order valence-corrected chi connectivity index (χ3v) is 6.93. The fourth-order valence-electron chi connectivity index (χ4n) is 4.88. The van der Waals surface area contributed by atoms with Gasteiger partial charge in [0.25, 0.3) is 17.5 Å². The van der Waals surface area contributed by atoms with Gasteiger partial charge in [-0.1, -0.05) is 40.2 Å². The van der Waals surface area contributed by atoms with Crippen molar-refractivity contribution in [2.45, 2.75) is 6.42 Å². The first-order valence-corrected chi connectivity index (χ1v) is 11.6. The van der Waals surface area contributed by atoms with Crippen LogP contribution in [0.25, 0.3) is 6.08 Å². The number of fused-ring (bicyclic) bond motifs is 5. The molecule has 4 atom stereocenters. The number of carbonyl (C=O) groups excluding carboxylic acids is 3. The number of allylic oxidation sites excluding steroid dienone is 2. The summed E-state index contributed by atoms with van der Waals surface area (Å²) in [6.45, 7) is 0. The van der Waals surface area contributed by atoms with Crippen molar-refractivity contribution in [3.05, 3.63) is 86.4 Å². The van der Waals surface area contributed by atoms with Gasteiger partial charge in [-0.3, -0.25) is 19.7 Å². The van der Waals surface area contributed by atoms with Gasteiger partial charge in [0.15, 0.2) is 0 Å². The summed E-state index contributed by atoms with van der Waals surface area (Å²) in [5.41, 5.74) is 0.759. The zero-order chi connectivity index (χ0) is 24.7. The largest absolute Gasteiger partial charge is 0.423 e. The van der Waals surface area contributed by atoms with E-state index in [1.807, 2.05) is 12.2 Å². The molecule has 0 unspecified atom stereocenters. The third-order valence-electron chi connectivity index (χ3n) is 6.43. The van der Waals surface area contributed by atoms with Gasteiger partial charge in [0.1, 0.15) is 5.75 Å². The molecular weight excluding hydrogens is 518 g/mol. The molecule has 0 radical (unpaired) electrons. The Bertz CT molecular complexity index is 1320. The van der Waals surface area contributed by atoms with Crippen molar-refractivity contribution in [3.8, 4) is 5.75 Å². The van der Waals surface area contributed by atoms with Gasteiger partial charge in [-0.05, 0) is 48.1 Å². The zero-order valence-electron chi connectivity index (χ0n) is 18.1. The summed E-state index contributed by atoms with van der Waals surface area (Å²) in [5, 5.41) is 16.0. The van der Waals surface area contributed by atoms with Crippen molar-refractivity contribution in [1.29, 1.82) is 0 Å². The Labute approximate surface area is 208 Å². The number of carbonyl (C=O) groups is 3. The number of amides is 2. The molecule has 2 fully saturated rings.